The largest absolute Gasteiger partial charge is 0.400 e. The van der Waals surface area contributed by atoms with Crippen molar-refractivity contribution in [3.8, 4) is 0 Å². The molecule has 0 aromatic heterocycles. The number of hydrogen-bond donors (Lipinski definition) is 1. The van der Waals surface area contributed by atoms with E-state index in [1.54, 1.807) is 0 Å². The van der Waals surface area contributed by atoms with E-state index in [0.29, 0.717) is 19.6 Å². The molecule has 0 bridgehead atoms. The number of carbonyl (C=O) groups is 1. The second kappa shape index (κ2) is 6.69. The summed E-state index contributed by atoms with van der Waals surface area (Å²) in [5.41, 5.74) is 2.03. The quantitative estimate of drug-likeness (QED) is 0.930. The molecule has 0 radical (unpaired) electrons. The van der Waals surface area contributed by atoms with E-state index in [-0.39, 0.29) is 6.04 Å². The number of halogens is 3. The van der Waals surface area contributed by atoms with Crippen molar-refractivity contribution in [3.05, 3.63) is 35.4 Å². The molecule has 2 rings (SSSR count). The third-order valence-corrected chi connectivity index (χ3v) is 4.16. The van der Waals surface area contributed by atoms with Gasteiger partial charge in [0, 0.05) is 19.6 Å². The molecule has 1 saturated heterocycles. The lowest BCUT2D eigenvalue weighted by molar-refractivity contribution is -0.187. The Hall–Kier alpha value is -1.56. The van der Waals surface area contributed by atoms with Crippen LogP contribution in [0.25, 0.3) is 0 Å². The summed E-state index contributed by atoms with van der Waals surface area (Å²) in [6.45, 7) is 4.25. The molecule has 1 heterocycles. The molecule has 22 heavy (non-hydrogen) atoms. The summed E-state index contributed by atoms with van der Waals surface area (Å²) >= 11 is 0. The highest BCUT2D eigenvalue weighted by Gasteiger charge is 2.44. The van der Waals surface area contributed by atoms with E-state index in [2.05, 4.69) is 5.32 Å². The van der Waals surface area contributed by atoms with Gasteiger partial charge in [-0.2, -0.15) is 13.2 Å². The maximum Gasteiger partial charge on any atom is 0.400 e. The molecule has 0 aliphatic carbocycles. The van der Waals surface area contributed by atoms with Crippen LogP contribution in [0.1, 0.15) is 31.0 Å². The molecular formula is C16H21F3N2O. The van der Waals surface area contributed by atoms with Gasteiger partial charge in [0.15, 0.2) is 0 Å². The van der Waals surface area contributed by atoms with Gasteiger partial charge < -0.3 is 10.2 Å². The van der Waals surface area contributed by atoms with Crippen LogP contribution >= 0.6 is 0 Å². The van der Waals surface area contributed by atoms with Crippen molar-refractivity contribution in [2.45, 2.75) is 32.5 Å². The van der Waals surface area contributed by atoms with Gasteiger partial charge in [0.1, 0.15) is 5.92 Å². The summed E-state index contributed by atoms with van der Waals surface area (Å²) in [6, 6.07) is 7.36. The maximum absolute atomic E-state index is 12.8. The summed E-state index contributed by atoms with van der Waals surface area (Å²) < 4.78 is 38.5. The van der Waals surface area contributed by atoms with Gasteiger partial charge in [-0.05, 0) is 24.5 Å². The van der Waals surface area contributed by atoms with Gasteiger partial charge in [-0.3, -0.25) is 4.79 Å². The Morgan fingerprint density at radius 3 is 2.55 bits per heavy atom. The van der Waals surface area contributed by atoms with Gasteiger partial charge in [0.05, 0.1) is 6.04 Å². The second-order valence-corrected chi connectivity index (χ2v) is 5.61. The number of carbonyl (C=O) groups excluding carboxylic acids is 1. The van der Waals surface area contributed by atoms with Crippen LogP contribution in [0.15, 0.2) is 24.3 Å². The van der Waals surface area contributed by atoms with E-state index in [0.717, 1.165) is 24.5 Å². The van der Waals surface area contributed by atoms with Gasteiger partial charge in [-0.1, -0.05) is 31.2 Å². The molecule has 1 aliphatic heterocycles. The monoisotopic (exact) mass is 314 g/mol. The molecule has 2 unspecified atom stereocenters. The fraction of sp³-hybridized carbons (Fsp3) is 0.562. The summed E-state index contributed by atoms with van der Waals surface area (Å²) in [4.78, 5) is 13.6. The number of benzene rings is 1. The van der Waals surface area contributed by atoms with Crippen molar-refractivity contribution in [2.24, 2.45) is 5.92 Å². The minimum Gasteiger partial charge on any atom is -0.333 e. The summed E-state index contributed by atoms with van der Waals surface area (Å²) in [7, 11) is 0. The van der Waals surface area contributed by atoms with Gasteiger partial charge in [-0.25, -0.2) is 0 Å². The predicted molar refractivity (Wildman–Crippen MR) is 78.4 cm³/mol. The fourth-order valence-electron chi connectivity index (χ4n) is 2.63. The molecule has 1 aliphatic rings. The lowest BCUT2D eigenvalue weighted by Gasteiger charge is -2.38. The van der Waals surface area contributed by atoms with Crippen molar-refractivity contribution in [3.63, 3.8) is 0 Å². The third-order valence-electron chi connectivity index (χ3n) is 4.16. The Morgan fingerprint density at radius 1 is 1.36 bits per heavy atom. The normalized spacial score (nSPS) is 20.8. The number of hydrogen-bond acceptors (Lipinski definition) is 2. The molecule has 1 aromatic rings. The molecular weight excluding hydrogens is 293 g/mol. The van der Waals surface area contributed by atoms with Crippen LogP contribution in [0.2, 0.25) is 0 Å². The average Bonchev–Trinajstić information content (AvgIpc) is 2.52. The van der Waals surface area contributed by atoms with Crippen molar-refractivity contribution in [1.82, 2.24) is 10.2 Å². The summed E-state index contributed by atoms with van der Waals surface area (Å²) in [6.07, 6.45) is -3.60. The number of nitrogens with one attached hydrogen (secondary N) is 1. The molecule has 2 atom stereocenters. The Labute approximate surface area is 128 Å². The molecule has 1 amide bonds. The van der Waals surface area contributed by atoms with Gasteiger partial charge in [0.2, 0.25) is 5.91 Å². The predicted octanol–water partition coefficient (Wildman–Crippen LogP) is 2.92. The van der Waals surface area contributed by atoms with Crippen LogP contribution in [0.3, 0.4) is 0 Å². The molecule has 0 spiro atoms. The number of aryl methyl sites for hydroxylation is 1. The van der Waals surface area contributed by atoms with E-state index in [1.807, 2.05) is 31.2 Å². The highest BCUT2D eigenvalue weighted by molar-refractivity contribution is 5.80. The molecule has 1 N–H and O–H groups in total. The lowest BCUT2D eigenvalue weighted by atomic mass is 9.99. The molecule has 122 valence electrons. The Bertz CT molecular complexity index is 513. The van der Waals surface area contributed by atoms with Gasteiger partial charge in [-0.15, -0.1) is 0 Å². The van der Waals surface area contributed by atoms with Crippen LogP contribution < -0.4 is 5.32 Å². The first kappa shape index (κ1) is 16.8. The number of nitrogens with zero attached hydrogens (tertiary/aromatic N) is 1. The van der Waals surface area contributed by atoms with E-state index in [1.165, 1.54) is 4.90 Å². The molecule has 1 fully saturated rings. The average molecular weight is 314 g/mol. The zero-order chi connectivity index (χ0) is 16.3. The molecule has 0 saturated carbocycles. The van der Waals surface area contributed by atoms with Gasteiger partial charge in [0.25, 0.3) is 0 Å². The highest BCUT2D eigenvalue weighted by Crippen LogP contribution is 2.31. The van der Waals surface area contributed by atoms with Crippen molar-refractivity contribution in [2.75, 3.05) is 19.6 Å². The minimum atomic E-state index is -4.50. The Morgan fingerprint density at radius 2 is 2.00 bits per heavy atom. The minimum absolute atomic E-state index is 0.291. The smallest absolute Gasteiger partial charge is 0.333 e. The van der Waals surface area contributed by atoms with Crippen LogP contribution in [0.5, 0.6) is 0 Å². The first-order valence-corrected chi connectivity index (χ1v) is 7.51. The first-order valence-electron chi connectivity index (χ1n) is 7.51. The molecule has 3 nitrogen and oxygen atoms in total. The Kier molecular flexibility index (Phi) is 5.11. The number of rotatable bonds is 3. The van der Waals surface area contributed by atoms with Crippen molar-refractivity contribution < 1.29 is 18.0 Å². The van der Waals surface area contributed by atoms with Crippen molar-refractivity contribution in [1.29, 1.82) is 0 Å². The number of piperazine rings is 1. The highest BCUT2D eigenvalue weighted by atomic mass is 19.4. The topological polar surface area (TPSA) is 32.3 Å². The summed E-state index contributed by atoms with van der Waals surface area (Å²) in [5, 5.41) is 3.15. The van der Waals surface area contributed by atoms with Gasteiger partial charge >= 0.3 is 6.18 Å². The first-order chi connectivity index (χ1) is 10.3. The Balaban J connectivity index is 2.22. The second-order valence-electron chi connectivity index (χ2n) is 5.61. The zero-order valence-electron chi connectivity index (χ0n) is 12.8. The fourth-order valence-corrected chi connectivity index (χ4v) is 2.63. The third kappa shape index (κ3) is 3.61. The number of amides is 1. The lowest BCUT2D eigenvalue weighted by Crippen LogP contribution is -2.52. The SMILES string of the molecule is CCc1ccc(C2CNCCN2C(=O)C(C)C(F)(F)F)cc1. The molecule has 6 heteroatoms. The van der Waals surface area contributed by atoms with E-state index < -0.39 is 18.0 Å². The van der Waals surface area contributed by atoms with Crippen molar-refractivity contribution >= 4 is 5.91 Å². The van der Waals surface area contributed by atoms with Crippen LogP contribution in [-0.4, -0.2) is 36.6 Å². The van der Waals surface area contributed by atoms with E-state index >= 15 is 0 Å². The van der Waals surface area contributed by atoms with Crippen LogP contribution in [0.4, 0.5) is 13.2 Å². The molecule has 1 aromatic carbocycles. The van der Waals surface area contributed by atoms with E-state index in [4.69, 9.17) is 0 Å². The maximum atomic E-state index is 12.8. The van der Waals surface area contributed by atoms with Crippen LogP contribution in [-0.2, 0) is 11.2 Å². The zero-order valence-corrected chi connectivity index (χ0v) is 12.8. The summed E-state index contributed by atoms with van der Waals surface area (Å²) in [5.74, 6) is -2.82. The number of alkyl halides is 3. The van der Waals surface area contributed by atoms with Crippen LogP contribution in [0, 0.1) is 5.92 Å². The van der Waals surface area contributed by atoms with E-state index in [9.17, 15) is 18.0 Å². The standard InChI is InChI=1S/C16H21F3N2O/c1-3-12-4-6-13(7-5-12)14-10-20-8-9-21(14)15(22)11(2)16(17,18)19/h4-7,11,14,20H,3,8-10H2,1-2H3.